The Morgan fingerprint density at radius 3 is 3.18 bits per heavy atom. The summed E-state index contributed by atoms with van der Waals surface area (Å²) in [7, 11) is 0. The number of nitrogens with one attached hydrogen (secondary N) is 2. The fraction of sp³-hybridized carbons (Fsp3) is 0.625. The minimum atomic E-state index is 0.156. The predicted molar refractivity (Wildman–Crippen MR) is 44.2 cm³/mol. The van der Waals surface area contributed by atoms with Crippen LogP contribution in [0.1, 0.15) is 13.3 Å². The van der Waals surface area contributed by atoms with Crippen LogP contribution >= 0.6 is 0 Å². The molecule has 1 rings (SSSR count). The molecule has 0 aromatic heterocycles. The summed E-state index contributed by atoms with van der Waals surface area (Å²) in [5.74, 6) is 0.156. The molecule has 1 heterocycles. The molecule has 1 saturated heterocycles. The van der Waals surface area contributed by atoms with Crippen LogP contribution in [0.3, 0.4) is 0 Å². The Morgan fingerprint density at radius 1 is 1.82 bits per heavy atom. The Bertz CT molecular complexity index is 165. The van der Waals surface area contributed by atoms with Gasteiger partial charge in [0.1, 0.15) is 0 Å². The third-order valence-electron chi connectivity index (χ3n) is 1.74. The minimum Gasteiger partial charge on any atom is -0.354 e. The number of allylic oxidation sites excluding steroid dienone is 1. The lowest BCUT2D eigenvalue weighted by molar-refractivity contribution is -0.119. The second kappa shape index (κ2) is 4.13. The molecule has 1 atom stereocenters. The van der Waals surface area contributed by atoms with Crippen LogP contribution in [0.15, 0.2) is 12.2 Å². The van der Waals surface area contributed by atoms with Crippen LogP contribution in [0.25, 0.3) is 0 Å². The molecule has 0 bridgehead atoms. The van der Waals surface area contributed by atoms with Crippen LogP contribution in [-0.4, -0.2) is 25.0 Å². The van der Waals surface area contributed by atoms with Crippen molar-refractivity contribution in [1.82, 2.24) is 10.6 Å². The third kappa shape index (κ3) is 2.72. The van der Waals surface area contributed by atoms with Gasteiger partial charge in [0.05, 0.1) is 0 Å². The lowest BCUT2D eigenvalue weighted by Crippen LogP contribution is -2.30. The molecular weight excluding hydrogens is 140 g/mol. The highest BCUT2D eigenvalue weighted by Gasteiger charge is 2.19. The first-order valence-electron chi connectivity index (χ1n) is 3.94. The van der Waals surface area contributed by atoms with Crippen LogP contribution in [0.4, 0.5) is 0 Å². The number of amides is 1. The number of carbonyl (C=O) groups is 1. The number of hydrogen-bond acceptors (Lipinski definition) is 2. The summed E-state index contributed by atoms with van der Waals surface area (Å²) in [6, 6.07) is 0.332. The topological polar surface area (TPSA) is 41.1 Å². The summed E-state index contributed by atoms with van der Waals surface area (Å²) in [5, 5.41) is 6.01. The van der Waals surface area contributed by atoms with Crippen molar-refractivity contribution in [3.8, 4) is 0 Å². The van der Waals surface area contributed by atoms with Gasteiger partial charge in [-0.25, -0.2) is 0 Å². The highest BCUT2D eigenvalue weighted by Crippen LogP contribution is 1.97. The highest BCUT2D eigenvalue weighted by atomic mass is 16.1. The van der Waals surface area contributed by atoms with Crippen molar-refractivity contribution < 1.29 is 4.79 Å². The van der Waals surface area contributed by atoms with E-state index in [0.717, 1.165) is 13.1 Å². The van der Waals surface area contributed by atoms with Crippen molar-refractivity contribution in [2.24, 2.45) is 0 Å². The molecule has 1 amide bonds. The predicted octanol–water partition coefficient (Wildman–Crippen LogP) is 0.0406. The van der Waals surface area contributed by atoms with Crippen molar-refractivity contribution >= 4 is 5.91 Å². The maximum Gasteiger partial charge on any atom is 0.221 e. The monoisotopic (exact) mass is 154 g/mol. The van der Waals surface area contributed by atoms with Gasteiger partial charge in [-0.2, -0.15) is 0 Å². The van der Waals surface area contributed by atoms with E-state index in [2.05, 4.69) is 10.6 Å². The Labute approximate surface area is 66.9 Å². The molecule has 0 aliphatic carbocycles. The van der Waals surface area contributed by atoms with E-state index < -0.39 is 0 Å². The fourth-order valence-electron chi connectivity index (χ4n) is 1.10. The Hall–Kier alpha value is -0.830. The number of rotatable bonds is 3. The zero-order chi connectivity index (χ0) is 8.10. The summed E-state index contributed by atoms with van der Waals surface area (Å²) >= 11 is 0. The summed E-state index contributed by atoms with van der Waals surface area (Å²) in [4.78, 5) is 10.7. The van der Waals surface area contributed by atoms with Crippen molar-refractivity contribution in [3.05, 3.63) is 12.2 Å². The molecule has 62 valence electrons. The molecule has 3 nitrogen and oxygen atoms in total. The van der Waals surface area contributed by atoms with E-state index in [4.69, 9.17) is 0 Å². The van der Waals surface area contributed by atoms with Gasteiger partial charge in [-0.1, -0.05) is 12.2 Å². The average molecular weight is 154 g/mol. The van der Waals surface area contributed by atoms with Gasteiger partial charge in [0.2, 0.25) is 5.91 Å². The third-order valence-corrected chi connectivity index (χ3v) is 1.74. The van der Waals surface area contributed by atoms with Crippen LogP contribution in [0, 0.1) is 0 Å². The minimum absolute atomic E-state index is 0.156. The lowest BCUT2D eigenvalue weighted by atomic mass is 10.2. The van der Waals surface area contributed by atoms with Gasteiger partial charge >= 0.3 is 0 Å². The quantitative estimate of drug-likeness (QED) is 0.563. The Morgan fingerprint density at radius 2 is 2.64 bits per heavy atom. The van der Waals surface area contributed by atoms with E-state index in [1.54, 1.807) is 0 Å². The van der Waals surface area contributed by atoms with Gasteiger partial charge in [-0.05, 0) is 6.92 Å². The van der Waals surface area contributed by atoms with Gasteiger partial charge < -0.3 is 10.6 Å². The largest absolute Gasteiger partial charge is 0.354 e. The first-order chi connectivity index (χ1) is 5.33. The van der Waals surface area contributed by atoms with Crippen molar-refractivity contribution in [3.63, 3.8) is 0 Å². The van der Waals surface area contributed by atoms with Gasteiger partial charge in [0, 0.05) is 25.6 Å². The van der Waals surface area contributed by atoms with Crippen molar-refractivity contribution in [1.29, 1.82) is 0 Å². The highest BCUT2D eigenvalue weighted by molar-refractivity contribution is 5.78. The first kappa shape index (κ1) is 8.27. The summed E-state index contributed by atoms with van der Waals surface area (Å²) in [6.07, 6.45) is 4.66. The second-order valence-corrected chi connectivity index (χ2v) is 2.68. The molecule has 1 aliphatic rings. The maximum absolute atomic E-state index is 10.7. The van der Waals surface area contributed by atoms with Crippen molar-refractivity contribution in [2.75, 3.05) is 13.1 Å². The zero-order valence-corrected chi connectivity index (χ0v) is 6.76. The number of hydrogen-bond donors (Lipinski definition) is 2. The molecule has 0 radical (unpaired) electrons. The summed E-state index contributed by atoms with van der Waals surface area (Å²) in [6.45, 7) is 3.62. The van der Waals surface area contributed by atoms with Gasteiger partial charge in [-0.3, -0.25) is 4.79 Å². The zero-order valence-electron chi connectivity index (χ0n) is 6.76. The lowest BCUT2D eigenvalue weighted by Gasteiger charge is -2.06. The normalized spacial score (nSPS) is 24.5. The van der Waals surface area contributed by atoms with E-state index in [1.807, 2.05) is 19.1 Å². The molecule has 1 fully saturated rings. The number of carbonyl (C=O) groups excluding carboxylic acids is 1. The van der Waals surface area contributed by atoms with E-state index in [1.165, 1.54) is 0 Å². The van der Waals surface area contributed by atoms with Crippen molar-refractivity contribution in [2.45, 2.75) is 19.4 Å². The van der Waals surface area contributed by atoms with E-state index in [-0.39, 0.29) is 5.91 Å². The second-order valence-electron chi connectivity index (χ2n) is 2.68. The molecule has 1 unspecified atom stereocenters. The fourth-order valence-corrected chi connectivity index (χ4v) is 1.10. The smallest absolute Gasteiger partial charge is 0.221 e. The first-order valence-corrected chi connectivity index (χ1v) is 3.94. The van der Waals surface area contributed by atoms with Gasteiger partial charge in [0.15, 0.2) is 0 Å². The maximum atomic E-state index is 10.7. The van der Waals surface area contributed by atoms with Crippen LogP contribution in [0.2, 0.25) is 0 Å². The molecule has 0 aromatic rings. The Kier molecular flexibility index (Phi) is 3.11. The molecular formula is C8H14N2O. The Balaban J connectivity index is 2.13. The molecule has 3 heteroatoms. The van der Waals surface area contributed by atoms with E-state index in [0.29, 0.717) is 12.5 Å². The molecule has 0 saturated carbocycles. The SMILES string of the molecule is C/C=C/CNC1CNC(=O)C1. The standard InChI is InChI=1S/C8H14N2O/c1-2-3-4-9-7-5-8(11)10-6-7/h2-3,7,9H,4-6H2,1H3,(H,10,11)/b3-2+. The van der Waals surface area contributed by atoms with Crippen LogP contribution in [-0.2, 0) is 4.79 Å². The van der Waals surface area contributed by atoms with E-state index in [9.17, 15) is 4.79 Å². The van der Waals surface area contributed by atoms with Crippen LogP contribution < -0.4 is 10.6 Å². The molecule has 0 spiro atoms. The molecule has 11 heavy (non-hydrogen) atoms. The van der Waals surface area contributed by atoms with Gasteiger partial charge in [0.25, 0.3) is 0 Å². The van der Waals surface area contributed by atoms with E-state index >= 15 is 0 Å². The molecule has 0 aromatic carbocycles. The van der Waals surface area contributed by atoms with Gasteiger partial charge in [-0.15, -0.1) is 0 Å². The average Bonchev–Trinajstić information content (AvgIpc) is 2.37. The molecule has 2 N–H and O–H groups in total. The molecule has 1 aliphatic heterocycles. The summed E-state index contributed by atoms with van der Waals surface area (Å²) in [5.41, 5.74) is 0. The van der Waals surface area contributed by atoms with Crippen LogP contribution in [0.5, 0.6) is 0 Å². The summed E-state index contributed by atoms with van der Waals surface area (Å²) < 4.78 is 0.